The van der Waals surface area contributed by atoms with Gasteiger partial charge >= 0.3 is 29.6 Å². The van der Waals surface area contributed by atoms with Crippen LogP contribution in [0.15, 0.2) is 189 Å². The van der Waals surface area contributed by atoms with Crippen LogP contribution < -0.4 is 45.9 Å². The number of hydrogen-bond donors (Lipinski definition) is 5. The van der Waals surface area contributed by atoms with Crippen molar-refractivity contribution in [3.63, 3.8) is 0 Å². The van der Waals surface area contributed by atoms with Crippen LogP contribution in [0.5, 0.6) is 0 Å². The Labute approximate surface area is 647 Å². The largest absolute Gasteiger partial charge is 1.00 e. The SMILES string of the molecule is CO.ClCC1CN(Cc2ccccc2)CCO1.ClCC1CO1.NCc1ccccc1.O=C(Br)CBr.O=C1COC(CCl)CN1Cc1ccccc1.O[C@@H](CCl)CNCc1ccccc1.[2H]CF.[HH].[Na+].[OH-].c1ccc(CN2CCOC(Cn3ccnc3)C2)cc1.c1cn(CC2CNCCO2)cn1. The van der Waals surface area contributed by atoms with Gasteiger partial charge in [-0.05, 0) is 43.7 Å². The maximum Gasteiger partial charge on any atom is 1.00 e. The zero-order chi connectivity index (χ0) is 71.1. The molecule has 0 spiro atoms. The molecule has 5 aliphatic rings. The van der Waals surface area contributed by atoms with E-state index in [0.29, 0.717) is 61.4 Å². The molecule has 0 saturated carbocycles. The second-order valence-corrected chi connectivity index (χ2v) is 24.5. The van der Waals surface area contributed by atoms with Gasteiger partial charge in [-0.25, -0.2) is 9.97 Å². The van der Waals surface area contributed by atoms with Gasteiger partial charge in [-0.15, -0.1) is 46.4 Å². The molecule has 0 aliphatic carbocycles. The van der Waals surface area contributed by atoms with Crippen molar-refractivity contribution in [3.05, 3.63) is 217 Å². The number of epoxide rings is 1. The Kier molecular flexibility index (Phi) is 56.8. The molecule has 7 heterocycles. The van der Waals surface area contributed by atoms with E-state index in [-0.39, 0.29) is 77.9 Å². The summed E-state index contributed by atoms with van der Waals surface area (Å²) in [5, 5.41) is 22.9. The van der Waals surface area contributed by atoms with Crippen LogP contribution in [0.25, 0.3) is 0 Å². The van der Waals surface area contributed by atoms with Gasteiger partial charge < -0.3 is 69.8 Å². The summed E-state index contributed by atoms with van der Waals surface area (Å²) in [5.41, 5.74) is 11.6. The van der Waals surface area contributed by atoms with E-state index in [1.165, 1.54) is 22.3 Å². The van der Waals surface area contributed by atoms with Crippen molar-refractivity contribution >= 4 is 88.9 Å². The van der Waals surface area contributed by atoms with Crippen molar-refractivity contribution in [2.24, 2.45) is 5.73 Å². The smallest absolute Gasteiger partial charge is 0.870 e. The number of ether oxygens (including phenoxy) is 5. The van der Waals surface area contributed by atoms with Gasteiger partial charge in [0.15, 0.2) is 0 Å². The summed E-state index contributed by atoms with van der Waals surface area (Å²) >= 11 is 27.9. The van der Waals surface area contributed by atoms with E-state index in [4.69, 9.17) is 87.4 Å². The van der Waals surface area contributed by atoms with E-state index in [1.807, 2.05) is 133 Å². The van der Waals surface area contributed by atoms with Crippen LogP contribution in [0.2, 0.25) is 0 Å². The van der Waals surface area contributed by atoms with Crippen LogP contribution >= 0.6 is 78.3 Å². The molecule has 5 aromatic carbocycles. The number of nitrogens with two attached hydrogens (primary N) is 1. The molecule has 7 aromatic rings. The minimum Gasteiger partial charge on any atom is -0.870 e. The quantitative estimate of drug-likeness (QED) is 0.0220. The summed E-state index contributed by atoms with van der Waals surface area (Å²) in [6.07, 6.45) is 11.9. The second-order valence-electron chi connectivity index (χ2n) is 21.9. The number of aliphatic hydroxyl groups is 2. The number of halogens is 7. The first-order valence-corrected chi connectivity index (χ1v) is 35.9. The van der Waals surface area contributed by atoms with Crippen molar-refractivity contribution in [2.45, 2.75) is 82.4 Å². The van der Waals surface area contributed by atoms with E-state index in [9.17, 15) is 14.0 Å². The number of amides is 1. The molecule has 7 N–H and O–H groups in total. The van der Waals surface area contributed by atoms with Crippen molar-refractivity contribution in [1.82, 2.24) is 44.4 Å². The number of aromatic nitrogens is 4. The molecule has 20 nitrogen and oxygen atoms in total. The van der Waals surface area contributed by atoms with Gasteiger partial charge in [0.25, 0.3) is 0 Å². The number of alkyl halides is 6. The predicted molar refractivity (Wildman–Crippen MR) is 400 cm³/mol. The molecule has 1 amide bonds. The number of hydrogen-bond acceptors (Lipinski definition) is 17. The van der Waals surface area contributed by atoms with Gasteiger partial charge in [-0.2, -0.15) is 0 Å². The Morgan fingerprint density at radius 1 is 0.667 bits per heavy atom. The Morgan fingerprint density at radius 3 is 1.46 bits per heavy atom. The van der Waals surface area contributed by atoms with E-state index in [0.717, 1.165) is 111 Å². The van der Waals surface area contributed by atoms with Gasteiger partial charge in [0, 0.05) is 130 Å². The van der Waals surface area contributed by atoms with Gasteiger partial charge in [-0.3, -0.25) is 23.8 Å². The van der Waals surface area contributed by atoms with Crippen LogP contribution in [-0.4, -0.2) is 225 Å². The van der Waals surface area contributed by atoms with Crippen LogP contribution in [0.3, 0.4) is 0 Å². The van der Waals surface area contributed by atoms with E-state index in [1.54, 1.807) is 11.1 Å². The number of carbonyl (C=O) groups excluding carboxylic acids is 2. The van der Waals surface area contributed by atoms with Gasteiger partial charge in [-0.1, -0.05) is 168 Å². The summed E-state index contributed by atoms with van der Waals surface area (Å²) in [7, 11) is 0. The first kappa shape index (κ1) is 91.3. The minimum atomic E-state index is -1.00. The Morgan fingerprint density at radius 2 is 1.08 bits per heavy atom. The third kappa shape index (κ3) is 45.8. The first-order valence-electron chi connectivity index (χ1n) is 32.6. The molecule has 99 heavy (non-hydrogen) atoms. The summed E-state index contributed by atoms with van der Waals surface area (Å²) in [4.78, 5) is 36.0. The van der Waals surface area contributed by atoms with Gasteiger partial charge in [0.1, 0.15) is 6.61 Å². The zero-order valence-electron chi connectivity index (χ0n) is 57.8. The van der Waals surface area contributed by atoms with Gasteiger partial charge in [0.2, 0.25) is 10.6 Å². The molecule has 2 aromatic heterocycles. The average molecular weight is 1600 g/mol. The van der Waals surface area contributed by atoms with Crippen LogP contribution in [0.1, 0.15) is 30.6 Å². The normalized spacial score (nSPS) is 18.5. The molecule has 5 unspecified atom stereocenters. The monoisotopic (exact) mass is 1600 g/mol. The molecule has 6 atom stereocenters. The first-order chi connectivity index (χ1) is 47.9. The molecule has 5 saturated heterocycles. The van der Waals surface area contributed by atoms with Crippen LogP contribution in [0, 0.1) is 0 Å². The minimum absolute atomic E-state index is 0. The third-order valence-corrected chi connectivity index (χ3v) is 17.1. The summed E-state index contributed by atoms with van der Waals surface area (Å²) in [6.45, 7) is 16.2. The molecule has 5 aliphatic heterocycles. The number of carbonyl (C=O) groups is 2. The predicted octanol–water partition coefficient (Wildman–Crippen LogP) is 7.15. The number of aliphatic hydroxyl groups excluding tert-OH is 2. The fourth-order valence-corrected chi connectivity index (χ4v) is 9.93. The molecule has 12 rings (SSSR count). The zero-order valence-corrected chi connectivity index (χ0v) is 65.0. The molecule has 546 valence electrons. The number of rotatable bonds is 20. The van der Waals surface area contributed by atoms with Crippen molar-refractivity contribution in [1.29, 1.82) is 0 Å². The second kappa shape index (κ2) is 61.6. The molecular formula is C71H102Br2Cl4FN10NaO10. The number of nitrogens with one attached hydrogen (secondary N) is 2. The third-order valence-electron chi connectivity index (χ3n) is 14.2. The van der Waals surface area contributed by atoms with Gasteiger partial charge in [0.05, 0.1) is 114 Å². The fourth-order valence-electron chi connectivity index (χ4n) is 9.27. The molecule has 0 radical (unpaired) electrons. The van der Waals surface area contributed by atoms with Crippen LogP contribution in [-0.2, 0) is 79.1 Å². The number of morpholine rings is 4. The standard InChI is InChI=1S/C15H19N3O.C12H14ClNO2.C12H16ClNO.C10H14ClNO.C8H13N3O.C7H9N.C3H5ClO.C2H2Br2O.CH3F.CH4O.Na.H2O.H2/c1-2-4-14(5-3-1)10-17-8-9-19-15(11-17)12-18-7-6-16-13-18;13-6-11-8-14(12(15)9-16-11)7-10-4-2-1-3-5-10;13-8-12-10-14(6-7-15-12)9-11-4-2-1-3-5-11;11-6-10(13)8-12-7-9-4-2-1-3-5-9;1-3-11(7-10-1)6-8-5-9-2-4-12-8;8-6-7-4-2-1-3-5-7;4-1-3-2-5-3;3-1-2(4)5;2*1-2;;;/h1-7,13,15H,8-12H2;1-5,11H,6-9H2;1-5,12H,6-10H2;1-5,10,12-13H,6-8H2;1,3,7-9H,2,4-6H2;1-5H,6,8H2;3H,1-2H2;1H2;1H3;2H,1H3;;1H2;1H/q;;;;;;;;;;+1;;/p-1/t;;;10-;;;;;;;;;/m...0........./s1/i;;;;;;;;1D;;;;. The van der Waals surface area contributed by atoms with Crippen molar-refractivity contribution in [3.8, 4) is 0 Å². The maximum absolute atomic E-state index is 11.6. The summed E-state index contributed by atoms with van der Waals surface area (Å²) < 4.78 is 46.5. The van der Waals surface area contributed by atoms with Crippen molar-refractivity contribution in [2.75, 3.05) is 129 Å². The maximum atomic E-state index is 11.6. The average Bonchev–Trinajstić information content (AvgIpc) is 1.28. The molecular weight excluding hydrogens is 1500 g/mol. The Hall–Kier alpha value is -3.81. The topological polar surface area (TPSA) is 249 Å². The summed E-state index contributed by atoms with van der Waals surface area (Å²) in [5.74, 6) is 2.00. The molecule has 0 bridgehead atoms. The molecule has 5 fully saturated rings. The Balaban J connectivity index is 0.00000115. The Bertz CT molecular complexity index is 2970. The molecule has 28 heteroatoms. The number of nitrogens with zero attached hydrogens (tertiary/aromatic N) is 7. The van der Waals surface area contributed by atoms with E-state index < -0.39 is 13.3 Å². The summed E-state index contributed by atoms with van der Waals surface area (Å²) in [6, 6.07) is 51.1. The van der Waals surface area contributed by atoms with E-state index in [2.05, 4.69) is 121 Å². The number of imidazole rings is 2. The number of benzene rings is 5. The van der Waals surface area contributed by atoms with E-state index >= 15 is 0 Å². The van der Waals surface area contributed by atoms with Crippen molar-refractivity contribution < 1.29 is 85.7 Å². The fraction of sp³-hybridized carbons (Fsp3) is 0.465. The van der Waals surface area contributed by atoms with Crippen LogP contribution in [0.4, 0.5) is 4.39 Å².